The van der Waals surface area contributed by atoms with Gasteiger partial charge in [-0.3, -0.25) is 0 Å². The molecule has 5 heteroatoms. The number of rotatable bonds is 3. The Morgan fingerprint density at radius 1 is 1.60 bits per heavy atom. The Kier molecular flexibility index (Phi) is 2.78. The molecule has 0 unspecified atom stereocenters. The molecule has 0 atom stereocenters. The Morgan fingerprint density at radius 2 is 2.33 bits per heavy atom. The van der Waals surface area contributed by atoms with Gasteiger partial charge >= 0.3 is 6.08 Å². The van der Waals surface area contributed by atoms with Gasteiger partial charge < -0.3 is 5.32 Å². The van der Waals surface area contributed by atoms with E-state index < -0.39 is 6.08 Å². The van der Waals surface area contributed by atoms with E-state index in [9.17, 15) is 4.39 Å². The molecule has 1 heterocycles. The summed E-state index contributed by atoms with van der Waals surface area (Å²) in [6.07, 6.45) is 4.19. The number of hydrogen-bond donors (Lipinski definition) is 1. The molecule has 1 aromatic rings. The zero-order valence-corrected chi connectivity index (χ0v) is 9.31. The van der Waals surface area contributed by atoms with Crippen molar-refractivity contribution in [2.75, 3.05) is 11.9 Å². The highest BCUT2D eigenvalue weighted by Crippen LogP contribution is 2.40. The highest BCUT2D eigenvalue weighted by atomic mass is 35.5. The predicted octanol–water partition coefficient (Wildman–Crippen LogP) is 2.87. The first-order chi connectivity index (χ1) is 7.09. The van der Waals surface area contributed by atoms with Crippen LogP contribution >= 0.6 is 11.6 Å². The molecular formula is C10H13ClFN3. The summed E-state index contributed by atoms with van der Waals surface area (Å²) in [4.78, 5) is 6.98. The van der Waals surface area contributed by atoms with E-state index in [0.29, 0.717) is 16.3 Å². The van der Waals surface area contributed by atoms with Gasteiger partial charge in [-0.1, -0.05) is 24.9 Å². The fourth-order valence-corrected chi connectivity index (χ4v) is 1.88. The molecule has 1 aliphatic rings. The van der Waals surface area contributed by atoms with Crippen molar-refractivity contribution in [1.82, 2.24) is 9.97 Å². The van der Waals surface area contributed by atoms with E-state index in [2.05, 4.69) is 22.2 Å². The third-order valence-corrected chi connectivity index (χ3v) is 3.23. The van der Waals surface area contributed by atoms with E-state index in [1.54, 1.807) is 0 Å². The first-order valence-electron chi connectivity index (χ1n) is 5.01. The van der Waals surface area contributed by atoms with Crippen LogP contribution in [0.4, 0.5) is 10.2 Å². The van der Waals surface area contributed by atoms with Crippen LogP contribution in [0, 0.1) is 11.5 Å². The van der Waals surface area contributed by atoms with Gasteiger partial charge in [-0.25, -0.2) is 4.98 Å². The number of hydrogen-bond acceptors (Lipinski definition) is 3. The fourth-order valence-electron chi connectivity index (χ4n) is 1.72. The molecule has 1 fully saturated rings. The lowest BCUT2D eigenvalue weighted by atomic mass is 9.70. The summed E-state index contributed by atoms with van der Waals surface area (Å²) in [5.74, 6) is 0.386. The molecule has 3 nitrogen and oxygen atoms in total. The van der Waals surface area contributed by atoms with Gasteiger partial charge in [-0.2, -0.15) is 9.37 Å². The summed E-state index contributed by atoms with van der Waals surface area (Å²) in [7, 11) is 0. The Bertz CT molecular complexity index is 366. The van der Waals surface area contributed by atoms with Crippen molar-refractivity contribution in [1.29, 1.82) is 0 Å². The molecule has 0 aliphatic heterocycles. The second-order valence-corrected chi connectivity index (χ2v) is 4.76. The van der Waals surface area contributed by atoms with Gasteiger partial charge in [0, 0.05) is 6.54 Å². The number of nitrogens with zero attached hydrogens (tertiary/aromatic N) is 2. The van der Waals surface area contributed by atoms with Crippen LogP contribution in [0.1, 0.15) is 26.2 Å². The zero-order chi connectivity index (χ0) is 10.9. The van der Waals surface area contributed by atoms with Gasteiger partial charge in [0.05, 0.1) is 6.20 Å². The van der Waals surface area contributed by atoms with Gasteiger partial charge in [0.15, 0.2) is 5.82 Å². The Balaban J connectivity index is 2.01. The normalized spacial score (nSPS) is 18.3. The molecule has 1 aliphatic carbocycles. The van der Waals surface area contributed by atoms with Crippen molar-refractivity contribution in [3.63, 3.8) is 0 Å². The molecule has 1 aromatic heterocycles. The first kappa shape index (κ1) is 10.6. The lowest BCUT2D eigenvalue weighted by molar-refractivity contribution is 0.179. The Labute approximate surface area is 93.1 Å². The molecule has 0 aromatic carbocycles. The summed E-state index contributed by atoms with van der Waals surface area (Å²) >= 11 is 5.83. The lowest BCUT2D eigenvalue weighted by Gasteiger charge is -2.38. The van der Waals surface area contributed by atoms with Crippen LogP contribution in [0.25, 0.3) is 0 Å². The van der Waals surface area contributed by atoms with Gasteiger partial charge in [-0.15, -0.1) is 0 Å². The Hall–Kier alpha value is -0.900. The van der Waals surface area contributed by atoms with Crippen LogP contribution in [0.2, 0.25) is 5.02 Å². The summed E-state index contributed by atoms with van der Waals surface area (Å²) in [6.45, 7) is 2.98. The van der Waals surface area contributed by atoms with Gasteiger partial charge in [-0.05, 0) is 18.3 Å². The molecule has 82 valence electrons. The third kappa shape index (κ3) is 2.37. The largest absolute Gasteiger partial charge is 0.368 e. The second-order valence-electron chi connectivity index (χ2n) is 4.35. The molecule has 0 saturated heterocycles. The van der Waals surface area contributed by atoms with Crippen molar-refractivity contribution in [2.24, 2.45) is 5.41 Å². The summed E-state index contributed by atoms with van der Waals surface area (Å²) in [5.41, 5.74) is 0.310. The number of aromatic nitrogens is 2. The molecule has 0 spiro atoms. The van der Waals surface area contributed by atoms with Crippen molar-refractivity contribution in [2.45, 2.75) is 26.2 Å². The van der Waals surface area contributed by atoms with Crippen molar-refractivity contribution < 1.29 is 4.39 Å². The quantitative estimate of drug-likeness (QED) is 0.810. The predicted molar refractivity (Wildman–Crippen MR) is 57.4 cm³/mol. The van der Waals surface area contributed by atoms with Crippen molar-refractivity contribution in [3.05, 3.63) is 17.3 Å². The van der Waals surface area contributed by atoms with E-state index in [4.69, 9.17) is 11.6 Å². The maximum absolute atomic E-state index is 12.7. The van der Waals surface area contributed by atoms with Gasteiger partial charge in [0.2, 0.25) is 0 Å². The van der Waals surface area contributed by atoms with E-state index in [1.807, 2.05) is 0 Å². The zero-order valence-electron chi connectivity index (χ0n) is 8.56. The lowest BCUT2D eigenvalue weighted by Crippen LogP contribution is -2.33. The fraction of sp³-hybridized carbons (Fsp3) is 0.600. The maximum atomic E-state index is 12.7. The second kappa shape index (κ2) is 3.93. The maximum Gasteiger partial charge on any atom is 0.310 e. The van der Waals surface area contributed by atoms with Crippen molar-refractivity contribution >= 4 is 17.4 Å². The molecule has 2 rings (SSSR count). The van der Waals surface area contributed by atoms with Crippen LogP contribution in [0.3, 0.4) is 0 Å². The van der Waals surface area contributed by atoms with Gasteiger partial charge in [0.1, 0.15) is 5.02 Å². The standard InChI is InChI=1S/C10H13ClFN3/c1-10(3-2-4-10)6-14-8-7(11)5-13-9(12)15-8/h5H,2-4,6H2,1H3,(H,13,14,15). The molecule has 0 amide bonds. The minimum Gasteiger partial charge on any atom is -0.368 e. The number of anilines is 1. The van der Waals surface area contributed by atoms with E-state index >= 15 is 0 Å². The summed E-state index contributed by atoms with van der Waals surface area (Å²) < 4.78 is 12.7. The Morgan fingerprint density at radius 3 is 2.93 bits per heavy atom. The molecule has 0 bridgehead atoms. The van der Waals surface area contributed by atoms with E-state index in [1.165, 1.54) is 25.5 Å². The topological polar surface area (TPSA) is 37.8 Å². The summed E-state index contributed by atoms with van der Waals surface area (Å²) in [6, 6.07) is 0. The SMILES string of the molecule is CC1(CNc2nc(F)ncc2Cl)CCC1. The van der Waals surface area contributed by atoms with Crippen molar-refractivity contribution in [3.8, 4) is 0 Å². The van der Waals surface area contributed by atoms with Crippen LogP contribution in [-0.4, -0.2) is 16.5 Å². The van der Waals surface area contributed by atoms with Gasteiger partial charge in [0.25, 0.3) is 0 Å². The molecule has 0 radical (unpaired) electrons. The van der Waals surface area contributed by atoms with Crippen LogP contribution in [0.15, 0.2) is 6.20 Å². The first-order valence-corrected chi connectivity index (χ1v) is 5.39. The molecular weight excluding hydrogens is 217 g/mol. The highest BCUT2D eigenvalue weighted by Gasteiger charge is 2.31. The van der Waals surface area contributed by atoms with E-state index in [-0.39, 0.29) is 0 Å². The summed E-state index contributed by atoms with van der Waals surface area (Å²) in [5, 5.41) is 3.43. The number of halogens is 2. The average molecular weight is 230 g/mol. The van der Waals surface area contributed by atoms with E-state index in [0.717, 1.165) is 6.54 Å². The van der Waals surface area contributed by atoms with Crippen LogP contribution < -0.4 is 5.32 Å². The third-order valence-electron chi connectivity index (χ3n) is 2.96. The average Bonchev–Trinajstić information content (AvgIpc) is 2.17. The smallest absolute Gasteiger partial charge is 0.310 e. The molecule has 15 heavy (non-hydrogen) atoms. The molecule has 1 saturated carbocycles. The van der Waals surface area contributed by atoms with Crippen LogP contribution in [-0.2, 0) is 0 Å². The minimum atomic E-state index is -0.749. The molecule has 1 N–H and O–H groups in total. The minimum absolute atomic E-state index is 0.310. The number of nitrogens with one attached hydrogen (secondary N) is 1. The van der Waals surface area contributed by atoms with Crippen LogP contribution in [0.5, 0.6) is 0 Å². The monoisotopic (exact) mass is 229 g/mol. The highest BCUT2D eigenvalue weighted by molar-refractivity contribution is 6.32.